The standard InChI is InChI=1S/C48H36B4O8Si/c53-57-49-37-25-17-33(18-26-37)41-9-1-5-13-45(41)61(46-14-6-2-10-42(46)34-19-27-38(28-20-34)50-58-54,47-15-7-3-11-43(47)35-21-29-39(30-22-35)51-59-55)48-16-8-4-12-44(48)36-23-31-40(32-24-36)52-60-56/h1-32,53-56H. The quantitative estimate of drug-likeness (QED) is 0.0482. The van der Waals surface area contributed by atoms with Crippen molar-refractivity contribution in [1.29, 1.82) is 0 Å². The minimum Gasteiger partial charge on any atom is -0.307 e. The summed E-state index contributed by atoms with van der Waals surface area (Å²) in [6, 6.07) is 66.1. The highest BCUT2D eigenvalue weighted by atomic mass is 28.3. The Bertz CT molecular complexity index is 2320. The van der Waals surface area contributed by atoms with Crippen molar-refractivity contribution in [3.8, 4) is 44.5 Å². The molecular weight excluding hydrogens is 776 g/mol. The van der Waals surface area contributed by atoms with Crippen molar-refractivity contribution in [3.05, 3.63) is 194 Å². The van der Waals surface area contributed by atoms with Crippen LogP contribution in [0.15, 0.2) is 194 Å². The van der Waals surface area contributed by atoms with Crippen LogP contribution in [0, 0.1) is 0 Å². The monoisotopic (exact) mass is 812 g/mol. The average molecular weight is 812 g/mol. The van der Waals surface area contributed by atoms with Gasteiger partial charge in [0, 0.05) is 0 Å². The number of benzene rings is 8. The van der Waals surface area contributed by atoms with Crippen LogP contribution < -0.4 is 42.6 Å². The van der Waals surface area contributed by atoms with Crippen LogP contribution >= 0.6 is 0 Å². The van der Waals surface area contributed by atoms with Crippen molar-refractivity contribution in [2.24, 2.45) is 0 Å². The smallest absolute Gasteiger partial charge is 0.307 e. The Labute approximate surface area is 358 Å². The second kappa shape index (κ2) is 19.5. The van der Waals surface area contributed by atoms with E-state index in [0.717, 1.165) is 65.3 Å². The van der Waals surface area contributed by atoms with Gasteiger partial charge >= 0.3 is 29.9 Å². The number of hydrogen-bond donors (Lipinski definition) is 4. The topological polar surface area (TPSA) is 118 Å². The molecule has 0 bridgehead atoms. The molecule has 0 spiro atoms. The molecule has 8 nitrogen and oxygen atoms in total. The van der Waals surface area contributed by atoms with Gasteiger partial charge in [0.15, 0.2) is 8.07 Å². The fraction of sp³-hybridized carbons (Fsp3) is 0. The van der Waals surface area contributed by atoms with E-state index in [9.17, 15) is 21.0 Å². The molecule has 0 aromatic heterocycles. The van der Waals surface area contributed by atoms with Gasteiger partial charge < -0.3 is 19.2 Å². The van der Waals surface area contributed by atoms with Crippen LogP contribution in [0.1, 0.15) is 0 Å². The van der Waals surface area contributed by atoms with Crippen LogP contribution in [0.4, 0.5) is 0 Å². The molecule has 0 atom stereocenters. The molecule has 0 fully saturated rings. The lowest BCUT2D eigenvalue weighted by atomic mass is 9.87. The maximum Gasteiger partial charge on any atom is 0.381 e. The van der Waals surface area contributed by atoms with Gasteiger partial charge in [-0.3, -0.25) is 21.0 Å². The molecule has 4 radical (unpaired) electrons. The van der Waals surface area contributed by atoms with Crippen molar-refractivity contribution in [1.82, 2.24) is 0 Å². The number of rotatable bonds is 16. The van der Waals surface area contributed by atoms with Crippen molar-refractivity contribution in [2.45, 2.75) is 0 Å². The molecule has 61 heavy (non-hydrogen) atoms. The van der Waals surface area contributed by atoms with Crippen LogP contribution in [0.3, 0.4) is 0 Å². The van der Waals surface area contributed by atoms with Crippen LogP contribution in [0.25, 0.3) is 44.5 Å². The summed E-state index contributed by atoms with van der Waals surface area (Å²) in [6.07, 6.45) is 0. The van der Waals surface area contributed by atoms with E-state index in [4.69, 9.17) is 0 Å². The minimum absolute atomic E-state index is 0.708. The zero-order valence-electron chi connectivity index (χ0n) is 32.7. The molecule has 0 heterocycles. The summed E-state index contributed by atoms with van der Waals surface area (Å²) in [7, 11) is 1.55. The first-order valence-corrected chi connectivity index (χ1v) is 21.4. The first-order chi connectivity index (χ1) is 30.1. The molecule has 4 N–H and O–H groups in total. The second-order valence-electron chi connectivity index (χ2n) is 14.3. The molecule has 0 amide bonds. The zero-order valence-corrected chi connectivity index (χ0v) is 33.7. The van der Waals surface area contributed by atoms with Crippen LogP contribution in [0.5, 0.6) is 0 Å². The summed E-state index contributed by atoms with van der Waals surface area (Å²) < 4.78 is 0. The lowest BCUT2D eigenvalue weighted by molar-refractivity contribution is -0.135. The van der Waals surface area contributed by atoms with Crippen molar-refractivity contribution in [3.63, 3.8) is 0 Å². The molecular formula is C48H36B4O8Si. The maximum absolute atomic E-state index is 9.21. The highest BCUT2D eigenvalue weighted by Gasteiger charge is 2.47. The summed E-state index contributed by atoms with van der Waals surface area (Å²) in [6.45, 7) is 0. The third kappa shape index (κ3) is 8.61. The predicted octanol–water partition coefficient (Wildman–Crippen LogP) is 4.67. The molecule has 8 aromatic carbocycles. The molecule has 8 rings (SSSR count). The molecule has 0 aliphatic rings. The van der Waals surface area contributed by atoms with Crippen LogP contribution in [-0.4, -0.2) is 59.0 Å². The summed E-state index contributed by atoms with van der Waals surface area (Å²) in [5.74, 6) is 0. The molecule has 8 aromatic rings. The molecule has 0 saturated carbocycles. The number of hydrogen-bond acceptors (Lipinski definition) is 8. The van der Waals surface area contributed by atoms with E-state index in [0.29, 0.717) is 21.9 Å². The van der Waals surface area contributed by atoms with Gasteiger partial charge in [0.1, 0.15) is 0 Å². The summed E-state index contributed by atoms with van der Waals surface area (Å²) in [5, 5.41) is 41.4. The molecule has 0 aliphatic carbocycles. The van der Waals surface area contributed by atoms with E-state index in [1.165, 1.54) is 29.9 Å². The van der Waals surface area contributed by atoms with Crippen molar-refractivity contribution in [2.75, 3.05) is 0 Å². The summed E-state index contributed by atoms with van der Waals surface area (Å²) >= 11 is 0. The third-order valence-corrected chi connectivity index (χ3v) is 15.9. The van der Waals surface area contributed by atoms with Crippen molar-refractivity contribution < 1.29 is 40.2 Å². The average Bonchev–Trinajstić information content (AvgIpc) is 3.32. The first kappa shape index (κ1) is 41.6. The first-order valence-electron chi connectivity index (χ1n) is 19.4. The van der Waals surface area contributed by atoms with E-state index in [1.54, 1.807) is 0 Å². The summed E-state index contributed by atoms with van der Waals surface area (Å²) in [5.41, 5.74) is 10.9. The van der Waals surface area contributed by atoms with Gasteiger partial charge in [-0.2, -0.15) is 0 Å². The largest absolute Gasteiger partial charge is 0.381 e. The zero-order chi connectivity index (χ0) is 42.0. The minimum atomic E-state index is -3.61. The van der Waals surface area contributed by atoms with Gasteiger partial charge in [0.05, 0.1) is 0 Å². The normalized spacial score (nSPS) is 11.2. The predicted molar refractivity (Wildman–Crippen MR) is 248 cm³/mol. The molecule has 13 heteroatoms. The van der Waals surface area contributed by atoms with Gasteiger partial charge in [-0.15, -0.1) is 0 Å². The van der Waals surface area contributed by atoms with E-state index in [-0.39, 0.29) is 0 Å². The van der Waals surface area contributed by atoms with E-state index in [1.807, 2.05) is 97.1 Å². The van der Waals surface area contributed by atoms with Gasteiger partial charge in [-0.25, -0.2) is 0 Å². The van der Waals surface area contributed by atoms with E-state index < -0.39 is 8.07 Å². The Kier molecular flexibility index (Phi) is 13.3. The highest BCUT2D eigenvalue weighted by Crippen LogP contribution is 2.30. The Morgan fingerprint density at radius 3 is 0.656 bits per heavy atom. The Hall–Kier alpha value is -6.08. The van der Waals surface area contributed by atoms with Gasteiger partial charge in [-0.05, 0) is 65.3 Å². The van der Waals surface area contributed by atoms with Gasteiger partial charge in [0.25, 0.3) is 0 Å². The lowest BCUT2D eigenvalue weighted by Gasteiger charge is -2.40. The Morgan fingerprint density at radius 2 is 0.459 bits per heavy atom. The molecule has 0 saturated heterocycles. The summed E-state index contributed by atoms with van der Waals surface area (Å²) in [4.78, 5) is 17.5. The SMILES string of the molecule is OO[B]c1ccc(-c2ccccc2[Si](c2ccccc2-c2ccc([B]OO)cc2)(c2ccccc2-c2ccc([B]OO)cc2)c2ccccc2-c2ccc([B]OO)cc2)cc1. The fourth-order valence-corrected chi connectivity index (χ4v) is 14.0. The van der Waals surface area contributed by atoms with E-state index in [2.05, 4.69) is 116 Å². The second-order valence-corrected chi connectivity index (χ2v) is 18.0. The highest BCUT2D eigenvalue weighted by molar-refractivity contribution is 7.22. The third-order valence-electron chi connectivity index (χ3n) is 11.0. The fourth-order valence-electron chi connectivity index (χ4n) is 8.33. The van der Waals surface area contributed by atoms with Crippen molar-refractivity contribution >= 4 is 80.6 Å². The van der Waals surface area contributed by atoms with Crippen LogP contribution in [0.2, 0.25) is 0 Å². The molecule has 0 aliphatic heterocycles. The maximum atomic E-state index is 9.21. The van der Waals surface area contributed by atoms with Crippen LogP contribution in [-0.2, 0) is 19.2 Å². The Balaban J connectivity index is 1.54. The van der Waals surface area contributed by atoms with E-state index >= 15 is 0 Å². The Morgan fingerprint density at radius 1 is 0.262 bits per heavy atom. The van der Waals surface area contributed by atoms with Gasteiger partial charge in [0.2, 0.25) is 0 Å². The lowest BCUT2D eigenvalue weighted by Crippen LogP contribution is -2.76. The van der Waals surface area contributed by atoms with Gasteiger partial charge in [-0.1, -0.05) is 216 Å². The molecule has 292 valence electrons. The molecule has 0 unspecified atom stereocenters.